The molecule has 0 spiro atoms. The Morgan fingerprint density at radius 3 is 2.35 bits per heavy atom. The summed E-state index contributed by atoms with van der Waals surface area (Å²) in [5.74, 6) is -0.0253. The van der Waals surface area contributed by atoms with E-state index in [9.17, 15) is 4.79 Å². The van der Waals surface area contributed by atoms with E-state index in [1.165, 1.54) is 38.5 Å². The van der Waals surface area contributed by atoms with Gasteiger partial charge in [0.15, 0.2) is 0 Å². The molecule has 2 rings (SSSR count). The molecule has 0 unspecified atom stereocenters. The number of halogens is 2. The van der Waals surface area contributed by atoms with Crippen molar-refractivity contribution in [2.24, 2.45) is 0 Å². The van der Waals surface area contributed by atoms with Crippen molar-refractivity contribution in [1.82, 2.24) is 15.6 Å². The maximum absolute atomic E-state index is 12.1. The van der Waals surface area contributed by atoms with Crippen LogP contribution >= 0.6 is 24.8 Å². The lowest BCUT2D eigenvalue weighted by atomic mass is 10.1. The Morgan fingerprint density at radius 2 is 1.74 bits per heavy atom. The third-order valence-corrected chi connectivity index (χ3v) is 4.17. The van der Waals surface area contributed by atoms with Gasteiger partial charge in [-0.1, -0.05) is 25.7 Å². The molecule has 1 amide bonds. The molecule has 0 atom stereocenters. The number of pyridine rings is 1. The summed E-state index contributed by atoms with van der Waals surface area (Å²) in [5.41, 5.74) is 2.42. The topological polar surface area (TPSA) is 54.0 Å². The van der Waals surface area contributed by atoms with Gasteiger partial charge in [-0.25, -0.2) is 0 Å². The lowest BCUT2D eigenvalue weighted by Gasteiger charge is -2.16. The molecule has 1 fully saturated rings. The van der Waals surface area contributed by atoms with E-state index < -0.39 is 0 Å². The fourth-order valence-electron chi connectivity index (χ4n) is 2.96. The molecule has 4 nitrogen and oxygen atoms in total. The number of carbonyl (C=O) groups is 1. The molecule has 1 aliphatic carbocycles. The smallest absolute Gasteiger partial charge is 0.253 e. The van der Waals surface area contributed by atoms with Crippen LogP contribution in [0.1, 0.15) is 60.3 Å². The molecule has 0 saturated heterocycles. The molecule has 1 aromatic rings. The third kappa shape index (κ3) is 7.51. The monoisotopic (exact) mass is 361 g/mol. The van der Waals surface area contributed by atoms with E-state index in [1.807, 2.05) is 26.0 Å². The Hall–Kier alpha value is -0.840. The zero-order valence-corrected chi connectivity index (χ0v) is 15.7. The fraction of sp³-hybridized carbons (Fsp3) is 0.647. The minimum absolute atomic E-state index is 0. The molecule has 0 bridgehead atoms. The summed E-state index contributed by atoms with van der Waals surface area (Å²) >= 11 is 0. The van der Waals surface area contributed by atoms with E-state index in [1.54, 1.807) is 0 Å². The minimum atomic E-state index is -0.0253. The highest BCUT2D eigenvalue weighted by Gasteiger charge is 2.12. The number of hydrogen-bond acceptors (Lipinski definition) is 3. The van der Waals surface area contributed by atoms with Gasteiger partial charge in [0, 0.05) is 24.8 Å². The first-order valence-electron chi connectivity index (χ1n) is 8.12. The summed E-state index contributed by atoms with van der Waals surface area (Å²) in [5, 5.41) is 6.53. The average Bonchev–Trinajstić information content (AvgIpc) is 2.72. The van der Waals surface area contributed by atoms with Crippen LogP contribution in [0.3, 0.4) is 0 Å². The van der Waals surface area contributed by atoms with Crippen molar-refractivity contribution in [3.63, 3.8) is 0 Å². The minimum Gasteiger partial charge on any atom is -0.351 e. The second kappa shape index (κ2) is 11.7. The van der Waals surface area contributed by atoms with E-state index in [0.29, 0.717) is 18.2 Å². The van der Waals surface area contributed by atoms with E-state index in [0.717, 1.165) is 17.9 Å². The van der Waals surface area contributed by atoms with Crippen molar-refractivity contribution in [1.29, 1.82) is 0 Å². The molecule has 0 aromatic carbocycles. The molecule has 6 heteroatoms. The molecule has 1 aromatic heterocycles. The lowest BCUT2D eigenvalue weighted by molar-refractivity contribution is 0.0952. The molecular weight excluding hydrogens is 333 g/mol. The van der Waals surface area contributed by atoms with Gasteiger partial charge in [-0.15, -0.1) is 24.8 Å². The number of nitrogens with zero attached hydrogens (tertiary/aromatic N) is 1. The predicted octanol–water partition coefficient (Wildman–Crippen LogP) is 3.58. The van der Waals surface area contributed by atoms with Crippen molar-refractivity contribution in [3.05, 3.63) is 29.1 Å². The number of aromatic nitrogens is 1. The SMILES string of the molecule is Cc1ccc(C(=O)NCCNC2CCCCCC2)c(C)n1.Cl.Cl. The standard InChI is InChI=1S/C17H27N3O.2ClH/c1-13-9-10-16(14(2)20-13)17(21)19-12-11-18-15-7-5-3-4-6-8-15;;/h9-10,15,18H,3-8,11-12H2,1-2H3,(H,19,21);2*1H. The van der Waals surface area contributed by atoms with Crippen LogP contribution in [0.25, 0.3) is 0 Å². The van der Waals surface area contributed by atoms with Crippen LogP contribution in [0.4, 0.5) is 0 Å². The van der Waals surface area contributed by atoms with Gasteiger partial charge in [0.2, 0.25) is 0 Å². The molecular formula is C17H29Cl2N3O. The Kier molecular flexibility index (Phi) is 11.2. The van der Waals surface area contributed by atoms with Crippen LogP contribution in [-0.2, 0) is 0 Å². The molecule has 0 aliphatic heterocycles. The van der Waals surface area contributed by atoms with Gasteiger partial charge in [0.05, 0.1) is 11.3 Å². The zero-order valence-electron chi connectivity index (χ0n) is 14.1. The third-order valence-electron chi connectivity index (χ3n) is 4.17. The van der Waals surface area contributed by atoms with E-state index >= 15 is 0 Å². The van der Waals surface area contributed by atoms with E-state index in [4.69, 9.17) is 0 Å². The summed E-state index contributed by atoms with van der Waals surface area (Å²) < 4.78 is 0. The number of carbonyl (C=O) groups excluding carboxylic acids is 1. The number of rotatable bonds is 5. The average molecular weight is 362 g/mol. The normalized spacial score (nSPS) is 15.0. The second-order valence-corrected chi connectivity index (χ2v) is 5.98. The zero-order chi connectivity index (χ0) is 15.1. The number of hydrogen-bond donors (Lipinski definition) is 2. The van der Waals surface area contributed by atoms with Crippen LogP contribution in [0.2, 0.25) is 0 Å². The van der Waals surface area contributed by atoms with Crippen LogP contribution in [0, 0.1) is 13.8 Å². The van der Waals surface area contributed by atoms with Crippen LogP contribution in [0.15, 0.2) is 12.1 Å². The molecule has 0 radical (unpaired) electrons. The molecule has 1 saturated carbocycles. The Morgan fingerprint density at radius 1 is 1.09 bits per heavy atom. The first-order chi connectivity index (χ1) is 10.2. The molecule has 132 valence electrons. The van der Waals surface area contributed by atoms with Crippen molar-refractivity contribution in [2.75, 3.05) is 13.1 Å². The van der Waals surface area contributed by atoms with Crippen LogP contribution < -0.4 is 10.6 Å². The first-order valence-corrected chi connectivity index (χ1v) is 8.12. The van der Waals surface area contributed by atoms with Gasteiger partial charge >= 0.3 is 0 Å². The van der Waals surface area contributed by atoms with Gasteiger partial charge in [0.1, 0.15) is 0 Å². The van der Waals surface area contributed by atoms with Crippen LogP contribution in [0.5, 0.6) is 0 Å². The Labute approximate surface area is 152 Å². The van der Waals surface area contributed by atoms with Crippen molar-refractivity contribution in [3.8, 4) is 0 Å². The van der Waals surface area contributed by atoms with Crippen molar-refractivity contribution < 1.29 is 4.79 Å². The fourth-order valence-corrected chi connectivity index (χ4v) is 2.96. The summed E-state index contributed by atoms with van der Waals surface area (Å²) in [6.45, 7) is 5.33. The number of amides is 1. The highest BCUT2D eigenvalue weighted by molar-refractivity contribution is 5.95. The molecule has 1 heterocycles. The van der Waals surface area contributed by atoms with Gasteiger partial charge in [-0.05, 0) is 38.8 Å². The van der Waals surface area contributed by atoms with E-state index in [-0.39, 0.29) is 30.7 Å². The number of aryl methyl sites for hydroxylation is 2. The molecule has 23 heavy (non-hydrogen) atoms. The summed E-state index contributed by atoms with van der Waals surface area (Å²) in [7, 11) is 0. The quantitative estimate of drug-likeness (QED) is 0.622. The van der Waals surface area contributed by atoms with E-state index in [2.05, 4.69) is 15.6 Å². The molecule has 1 aliphatic rings. The highest BCUT2D eigenvalue weighted by Crippen LogP contribution is 2.16. The van der Waals surface area contributed by atoms with Gasteiger partial charge in [-0.3, -0.25) is 9.78 Å². The van der Waals surface area contributed by atoms with Gasteiger partial charge in [0.25, 0.3) is 5.91 Å². The largest absolute Gasteiger partial charge is 0.351 e. The van der Waals surface area contributed by atoms with Gasteiger partial charge < -0.3 is 10.6 Å². The summed E-state index contributed by atoms with van der Waals surface area (Å²) in [6, 6.07) is 4.37. The molecule has 2 N–H and O–H groups in total. The second-order valence-electron chi connectivity index (χ2n) is 5.98. The summed E-state index contributed by atoms with van der Waals surface area (Å²) in [6.07, 6.45) is 7.95. The summed E-state index contributed by atoms with van der Waals surface area (Å²) in [4.78, 5) is 16.4. The first kappa shape index (κ1) is 22.2. The Balaban J connectivity index is 0.00000242. The van der Waals surface area contributed by atoms with Gasteiger partial charge in [-0.2, -0.15) is 0 Å². The predicted molar refractivity (Wildman–Crippen MR) is 100 cm³/mol. The Bertz CT molecular complexity index is 475. The maximum Gasteiger partial charge on any atom is 0.253 e. The number of nitrogens with one attached hydrogen (secondary N) is 2. The van der Waals surface area contributed by atoms with Crippen LogP contribution in [-0.4, -0.2) is 30.0 Å². The van der Waals surface area contributed by atoms with Crippen molar-refractivity contribution in [2.45, 2.75) is 58.4 Å². The highest BCUT2D eigenvalue weighted by atomic mass is 35.5. The lowest BCUT2D eigenvalue weighted by Crippen LogP contribution is -2.37. The van der Waals surface area contributed by atoms with Crippen molar-refractivity contribution >= 4 is 30.7 Å². The maximum atomic E-state index is 12.1.